The molecule has 186 valence electrons. The third-order valence-electron chi connectivity index (χ3n) is 7.52. The zero-order valence-corrected chi connectivity index (χ0v) is 20.6. The van der Waals surface area contributed by atoms with E-state index in [1.54, 1.807) is 0 Å². The Morgan fingerprint density at radius 1 is 1.14 bits per heavy atom. The molecule has 2 aromatic heterocycles. The van der Waals surface area contributed by atoms with Crippen molar-refractivity contribution in [2.24, 2.45) is 5.92 Å². The van der Waals surface area contributed by atoms with Gasteiger partial charge in [0.05, 0.1) is 18.6 Å². The van der Waals surface area contributed by atoms with Gasteiger partial charge in [-0.1, -0.05) is 30.9 Å². The summed E-state index contributed by atoms with van der Waals surface area (Å²) in [5.41, 5.74) is 2.46. The van der Waals surface area contributed by atoms with Gasteiger partial charge in [-0.15, -0.1) is 5.10 Å². The first kappa shape index (κ1) is 23.7. The molecule has 1 atom stereocenters. The predicted molar refractivity (Wildman–Crippen MR) is 132 cm³/mol. The molecule has 35 heavy (non-hydrogen) atoms. The minimum absolute atomic E-state index is 0.112. The first-order chi connectivity index (χ1) is 17.0. The Bertz CT molecular complexity index is 1240. The van der Waals surface area contributed by atoms with E-state index in [0.29, 0.717) is 43.9 Å². The Kier molecular flexibility index (Phi) is 6.95. The number of aromatic nitrogens is 5. The molecule has 0 amide bonds. The van der Waals surface area contributed by atoms with Crippen molar-refractivity contribution < 1.29 is 9.53 Å². The second-order valence-electron chi connectivity index (χ2n) is 9.88. The molecule has 2 aliphatic rings. The topological polar surface area (TPSA) is 106 Å². The fourth-order valence-electron chi connectivity index (χ4n) is 5.66. The highest BCUT2D eigenvalue weighted by Crippen LogP contribution is 2.35. The molecule has 0 radical (unpaired) electrons. The number of carbonyl (C=O) groups is 1. The first-order valence-electron chi connectivity index (χ1n) is 12.9. The number of rotatable bonds is 6. The summed E-state index contributed by atoms with van der Waals surface area (Å²) in [6, 6.07) is 7.88. The van der Waals surface area contributed by atoms with E-state index in [-0.39, 0.29) is 29.5 Å². The molecule has 1 N–H and O–H groups in total. The zero-order chi connectivity index (χ0) is 24.4. The quantitative estimate of drug-likeness (QED) is 0.539. The SMILES string of the molecule is CCOC(=O)C1CCN([C@@H](c2cc3cc(C)ccc3[nH]c2=O)c2nnnn2C2CCCCC2)CC1. The number of fused-ring (bicyclic) bond motifs is 1. The van der Waals surface area contributed by atoms with Gasteiger partial charge in [-0.3, -0.25) is 14.5 Å². The molecular weight excluding hydrogens is 444 g/mol. The Hall–Kier alpha value is -3.07. The predicted octanol–water partition coefficient (Wildman–Crippen LogP) is 3.69. The van der Waals surface area contributed by atoms with Crippen LogP contribution in [0.25, 0.3) is 10.9 Å². The normalized spacial score (nSPS) is 19.1. The lowest BCUT2D eigenvalue weighted by molar-refractivity contribution is -0.149. The summed E-state index contributed by atoms with van der Waals surface area (Å²) in [6.45, 7) is 5.60. The van der Waals surface area contributed by atoms with Gasteiger partial charge < -0.3 is 9.72 Å². The van der Waals surface area contributed by atoms with Crippen LogP contribution in [0.15, 0.2) is 29.1 Å². The number of benzene rings is 1. The summed E-state index contributed by atoms with van der Waals surface area (Å²) in [5.74, 6) is 0.470. The molecule has 1 aliphatic heterocycles. The second kappa shape index (κ2) is 10.3. The van der Waals surface area contributed by atoms with E-state index in [2.05, 4.69) is 31.5 Å². The number of ether oxygens (including phenoxy) is 1. The molecule has 1 aliphatic carbocycles. The van der Waals surface area contributed by atoms with Gasteiger partial charge in [0.1, 0.15) is 6.04 Å². The minimum atomic E-state index is -0.385. The lowest BCUT2D eigenvalue weighted by atomic mass is 9.93. The average molecular weight is 479 g/mol. The third kappa shape index (κ3) is 4.87. The van der Waals surface area contributed by atoms with Crippen molar-refractivity contribution in [2.45, 2.75) is 70.9 Å². The average Bonchev–Trinajstić information content (AvgIpc) is 3.35. The van der Waals surface area contributed by atoms with Crippen molar-refractivity contribution in [1.29, 1.82) is 0 Å². The van der Waals surface area contributed by atoms with E-state index >= 15 is 0 Å². The van der Waals surface area contributed by atoms with Gasteiger partial charge in [0.25, 0.3) is 5.56 Å². The highest BCUT2D eigenvalue weighted by Gasteiger charge is 2.36. The van der Waals surface area contributed by atoms with Crippen LogP contribution in [0.2, 0.25) is 0 Å². The number of tetrazole rings is 1. The number of hydrogen-bond donors (Lipinski definition) is 1. The molecule has 0 spiro atoms. The van der Waals surface area contributed by atoms with E-state index in [4.69, 9.17) is 4.74 Å². The first-order valence-corrected chi connectivity index (χ1v) is 12.9. The maximum absolute atomic E-state index is 13.4. The standard InChI is InChI=1S/C26H34N6O3/c1-3-35-26(34)18-11-13-31(14-12-18)23(24-28-29-30-32(24)20-7-5-4-6-8-20)21-16-19-15-17(2)9-10-22(19)27-25(21)33/h9-10,15-16,18,20,23H,3-8,11-14H2,1-2H3,(H,27,33)/t23-/m0/s1. The van der Waals surface area contributed by atoms with Crippen LogP contribution in [0, 0.1) is 12.8 Å². The maximum atomic E-state index is 13.4. The summed E-state index contributed by atoms with van der Waals surface area (Å²) in [5, 5.41) is 13.9. The van der Waals surface area contributed by atoms with Crippen LogP contribution in [-0.4, -0.2) is 55.8 Å². The molecule has 2 fully saturated rings. The van der Waals surface area contributed by atoms with E-state index < -0.39 is 0 Å². The third-order valence-corrected chi connectivity index (χ3v) is 7.52. The molecule has 3 heterocycles. The largest absolute Gasteiger partial charge is 0.466 e. The molecule has 1 saturated heterocycles. The second-order valence-corrected chi connectivity index (χ2v) is 9.88. The van der Waals surface area contributed by atoms with Crippen LogP contribution in [-0.2, 0) is 9.53 Å². The summed E-state index contributed by atoms with van der Waals surface area (Å²) in [4.78, 5) is 31.1. The lowest BCUT2D eigenvalue weighted by Gasteiger charge is -2.36. The molecule has 1 saturated carbocycles. The van der Waals surface area contributed by atoms with E-state index in [9.17, 15) is 9.59 Å². The van der Waals surface area contributed by atoms with Crippen LogP contribution in [0.4, 0.5) is 0 Å². The van der Waals surface area contributed by atoms with Crippen LogP contribution in [0.1, 0.15) is 80.9 Å². The molecule has 5 rings (SSSR count). The van der Waals surface area contributed by atoms with Crippen molar-refractivity contribution in [3.8, 4) is 0 Å². The number of carbonyl (C=O) groups excluding carboxylic acids is 1. The summed E-state index contributed by atoms with van der Waals surface area (Å²) >= 11 is 0. The molecular formula is C26H34N6O3. The number of aromatic amines is 1. The summed E-state index contributed by atoms with van der Waals surface area (Å²) in [6.07, 6.45) is 7.02. The number of nitrogens with one attached hydrogen (secondary N) is 1. The minimum Gasteiger partial charge on any atom is -0.466 e. The molecule has 0 bridgehead atoms. The van der Waals surface area contributed by atoms with Gasteiger partial charge in [-0.25, -0.2) is 4.68 Å². The summed E-state index contributed by atoms with van der Waals surface area (Å²) in [7, 11) is 0. The fraction of sp³-hybridized carbons (Fsp3) is 0.577. The number of esters is 1. The number of H-pyrrole nitrogens is 1. The van der Waals surface area contributed by atoms with Gasteiger partial charge in [0.2, 0.25) is 0 Å². The highest BCUT2D eigenvalue weighted by atomic mass is 16.5. The van der Waals surface area contributed by atoms with Gasteiger partial charge in [0, 0.05) is 24.2 Å². The molecule has 0 unspecified atom stereocenters. The van der Waals surface area contributed by atoms with Crippen molar-refractivity contribution in [3.05, 3.63) is 51.6 Å². The van der Waals surface area contributed by atoms with Gasteiger partial charge in [0.15, 0.2) is 5.82 Å². The van der Waals surface area contributed by atoms with Crippen LogP contribution >= 0.6 is 0 Å². The molecule has 3 aromatic rings. The van der Waals surface area contributed by atoms with E-state index in [1.807, 2.05) is 36.7 Å². The Morgan fingerprint density at radius 3 is 2.66 bits per heavy atom. The highest BCUT2D eigenvalue weighted by molar-refractivity contribution is 5.79. The van der Waals surface area contributed by atoms with Crippen LogP contribution < -0.4 is 5.56 Å². The number of pyridine rings is 1. The number of aryl methyl sites for hydroxylation is 1. The number of nitrogens with zero attached hydrogens (tertiary/aromatic N) is 5. The van der Waals surface area contributed by atoms with Crippen LogP contribution in [0.3, 0.4) is 0 Å². The Morgan fingerprint density at radius 2 is 1.91 bits per heavy atom. The zero-order valence-electron chi connectivity index (χ0n) is 20.6. The van der Waals surface area contributed by atoms with Gasteiger partial charge in [-0.05, 0) is 73.5 Å². The van der Waals surface area contributed by atoms with Crippen LogP contribution in [0.5, 0.6) is 0 Å². The molecule has 1 aromatic carbocycles. The molecule has 9 heteroatoms. The van der Waals surface area contributed by atoms with E-state index in [0.717, 1.165) is 42.1 Å². The fourth-order valence-corrected chi connectivity index (χ4v) is 5.66. The maximum Gasteiger partial charge on any atom is 0.309 e. The Balaban J connectivity index is 1.54. The van der Waals surface area contributed by atoms with Gasteiger partial charge >= 0.3 is 5.97 Å². The molecule has 9 nitrogen and oxygen atoms in total. The number of likely N-dealkylation sites (tertiary alicyclic amines) is 1. The summed E-state index contributed by atoms with van der Waals surface area (Å²) < 4.78 is 7.22. The van der Waals surface area contributed by atoms with Crippen molar-refractivity contribution in [1.82, 2.24) is 30.1 Å². The smallest absolute Gasteiger partial charge is 0.309 e. The van der Waals surface area contributed by atoms with Gasteiger partial charge in [-0.2, -0.15) is 0 Å². The Labute approximate surface area is 204 Å². The monoisotopic (exact) mass is 478 g/mol. The van der Waals surface area contributed by atoms with Crippen molar-refractivity contribution in [2.75, 3.05) is 19.7 Å². The number of piperidine rings is 1. The van der Waals surface area contributed by atoms with Crippen molar-refractivity contribution in [3.63, 3.8) is 0 Å². The van der Waals surface area contributed by atoms with E-state index in [1.165, 1.54) is 6.42 Å². The lowest BCUT2D eigenvalue weighted by Crippen LogP contribution is -2.42. The van der Waals surface area contributed by atoms with Crippen molar-refractivity contribution >= 4 is 16.9 Å². The number of hydrogen-bond acceptors (Lipinski definition) is 7.